The van der Waals surface area contributed by atoms with E-state index in [0.717, 1.165) is 0 Å². The molecule has 0 aliphatic rings. The van der Waals surface area contributed by atoms with Crippen LogP contribution in [0.3, 0.4) is 0 Å². The number of nitrogens with zero attached hydrogens (tertiary/aromatic N) is 1. The lowest BCUT2D eigenvalue weighted by molar-refractivity contribution is 0.244. The molecule has 0 radical (unpaired) electrons. The van der Waals surface area contributed by atoms with E-state index in [1.807, 2.05) is 13.0 Å². The zero-order valence-corrected chi connectivity index (χ0v) is 7.18. The predicted octanol–water partition coefficient (Wildman–Crippen LogP) is 1.52. The smallest absolute Gasteiger partial charge is 0.0958 e. The molecule has 10 heavy (non-hydrogen) atoms. The maximum absolute atomic E-state index is 8.49. The fraction of sp³-hybridized carbons (Fsp3) is 0.875. The second-order valence-corrected chi connectivity index (χ2v) is 3.81. The molecule has 0 aliphatic heterocycles. The number of rotatable bonds is 1. The zero-order chi connectivity index (χ0) is 8.36. The van der Waals surface area contributed by atoms with Crippen LogP contribution in [0.25, 0.3) is 0 Å². The van der Waals surface area contributed by atoms with E-state index in [0.29, 0.717) is 0 Å². The Labute approximate surface area is 63.0 Å². The van der Waals surface area contributed by atoms with Crippen LogP contribution in [0.15, 0.2) is 0 Å². The first-order valence-corrected chi connectivity index (χ1v) is 3.54. The molecule has 0 bridgehead atoms. The van der Waals surface area contributed by atoms with Crippen molar-refractivity contribution in [3.63, 3.8) is 0 Å². The van der Waals surface area contributed by atoms with Gasteiger partial charge >= 0.3 is 0 Å². The van der Waals surface area contributed by atoms with Crippen LogP contribution in [0.2, 0.25) is 0 Å². The Morgan fingerprint density at radius 2 is 1.80 bits per heavy atom. The van der Waals surface area contributed by atoms with Gasteiger partial charge in [0, 0.05) is 0 Å². The van der Waals surface area contributed by atoms with Gasteiger partial charge in [0.05, 0.1) is 12.1 Å². The molecule has 2 nitrogen and oxygen atoms in total. The van der Waals surface area contributed by atoms with E-state index in [1.54, 1.807) is 0 Å². The van der Waals surface area contributed by atoms with Crippen LogP contribution in [0.4, 0.5) is 0 Å². The van der Waals surface area contributed by atoms with Crippen LogP contribution >= 0.6 is 0 Å². The van der Waals surface area contributed by atoms with Crippen LogP contribution in [-0.2, 0) is 0 Å². The van der Waals surface area contributed by atoms with Crippen LogP contribution in [0.5, 0.6) is 0 Å². The molecule has 0 saturated carbocycles. The minimum absolute atomic E-state index is 0.134. The molecule has 58 valence electrons. The third-order valence-corrected chi connectivity index (χ3v) is 2.05. The summed E-state index contributed by atoms with van der Waals surface area (Å²) in [6.45, 7) is 8.28. The van der Waals surface area contributed by atoms with Crippen molar-refractivity contribution in [1.29, 1.82) is 5.26 Å². The number of hydrogen-bond donors (Lipinski definition) is 1. The quantitative estimate of drug-likeness (QED) is 0.600. The molecule has 0 aromatic carbocycles. The molecule has 2 atom stereocenters. The van der Waals surface area contributed by atoms with Crippen molar-refractivity contribution in [3.05, 3.63) is 0 Å². The van der Waals surface area contributed by atoms with Crippen LogP contribution in [0.1, 0.15) is 27.7 Å². The molecule has 2 N–H and O–H groups in total. The summed E-state index contributed by atoms with van der Waals surface area (Å²) in [5, 5.41) is 8.49. The highest BCUT2D eigenvalue weighted by molar-refractivity contribution is 4.94. The van der Waals surface area contributed by atoms with Gasteiger partial charge in [-0.3, -0.25) is 0 Å². The Hall–Kier alpha value is -0.550. The SMILES string of the molecule is CC(C(N)C#N)C(C)(C)C. The van der Waals surface area contributed by atoms with Crippen molar-refractivity contribution in [3.8, 4) is 6.07 Å². The summed E-state index contributed by atoms with van der Waals surface area (Å²) < 4.78 is 0. The van der Waals surface area contributed by atoms with Gasteiger partial charge in [0.1, 0.15) is 0 Å². The average Bonchev–Trinajstić information content (AvgIpc) is 1.83. The Balaban J connectivity index is 4.11. The fourth-order valence-electron chi connectivity index (χ4n) is 0.650. The zero-order valence-electron chi connectivity index (χ0n) is 7.18. The van der Waals surface area contributed by atoms with E-state index in [4.69, 9.17) is 11.0 Å². The minimum atomic E-state index is -0.333. The molecule has 0 aliphatic carbocycles. The van der Waals surface area contributed by atoms with Gasteiger partial charge in [-0.05, 0) is 11.3 Å². The second-order valence-electron chi connectivity index (χ2n) is 3.81. The summed E-state index contributed by atoms with van der Waals surface area (Å²) in [6.07, 6.45) is 0. The van der Waals surface area contributed by atoms with Gasteiger partial charge in [-0.25, -0.2) is 0 Å². The molecule has 2 unspecified atom stereocenters. The minimum Gasteiger partial charge on any atom is -0.316 e. The third-order valence-electron chi connectivity index (χ3n) is 2.05. The van der Waals surface area contributed by atoms with Gasteiger partial charge in [-0.15, -0.1) is 0 Å². The number of hydrogen-bond acceptors (Lipinski definition) is 2. The normalized spacial score (nSPS) is 17.6. The fourth-order valence-corrected chi connectivity index (χ4v) is 0.650. The van der Waals surface area contributed by atoms with E-state index in [2.05, 4.69) is 20.8 Å². The third kappa shape index (κ3) is 2.36. The standard InChI is InChI=1S/C8H16N2/c1-6(7(10)5-9)8(2,3)4/h6-7H,10H2,1-4H3. The van der Waals surface area contributed by atoms with Crippen LogP contribution in [0, 0.1) is 22.7 Å². The highest BCUT2D eigenvalue weighted by Crippen LogP contribution is 2.26. The first-order chi connectivity index (χ1) is 4.39. The lowest BCUT2D eigenvalue weighted by Crippen LogP contribution is -2.35. The van der Waals surface area contributed by atoms with Gasteiger partial charge in [0.2, 0.25) is 0 Å². The molecule has 0 aromatic heterocycles. The highest BCUT2D eigenvalue weighted by Gasteiger charge is 2.25. The van der Waals surface area contributed by atoms with E-state index >= 15 is 0 Å². The van der Waals surface area contributed by atoms with Crippen molar-refractivity contribution in [2.24, 2.45) is 17.1 Å². The van der Waals surface area contributed by atoms with Crippen molar-refractivity contribution in [2.45, 2.75) is 33.7 Å². The molecule has 0 amide bonds. The van der Waals surface area contributed by atoms with Crippen LogP contribution < -0.4 is 5.73 Å². The van der Waals surface area contributed by atoms with E-state index in [9.17, 15) is 0 Å². The molecule has 0 spiro atoms. The summed E-state index contributed by atoms with van der Waals surface area (Å²) in [5.74, 6) is 0.248. The maximum atomic E-state index is 8.49. The van der Waals surface area contributed by atoms with Crippen molar-refractivity contribution in [2.75, 3.05) is 0 Å². The maximum Gasteiger partial charge on any atom is 0.0958 e. The van der Waals surface area contributed by atoms with Gasteiger partial charge in [0.15, 0.2) is 0 Å². The number of nitrogens with two attached hydrogens (primary N) is 1. The van der Waals surface area contributed by atoms with E-state index in [-0.39, 0.29) is 17.4 Å². The van der Waals surface area contributed by atoms with Gasteiger partial charge < -0.3 is 5.73 Å². The Bertz CT molecular complexity index is 138. The van der Waals surface area contributed by atoms with Gasteiger partial charge in [-0.1, -0.05) is 27.7 Å². The number of nitriles is 1. The largest absolute Gasteiger partial charge is 0.316 e. The second kappa shape index (κ2) is 3.03. The topological polar surface area (TPSA) is 49.8 Å². The van der Waals surface area contributed by atoms with Crippen molar-refractivity contribution in [1.82, 2.24) is 0 Å². The van der Waals surface area contributed by atoms with Gasteiger partial charge in [0.25, 0.3) is 0 Å². The van der Waals surface area contributed by atoms with E-state index in [1.165, 1.54) is 0 Å². The monoisotopic (exact) mass is 140 g/mol. The molecule has 0 fully saturated rings. The molecule has 0 rings (SSSR count). The lowest BCUT2D eigenvalue weighted by atomic mass is 9.78. The lowest BCUT2D eigenvalue weighted by Gasteiger charge is -2.28. The molecule has 0 saturated heterocycles. The predicted molar refractivity (Wildman–Crippen MR) is 42.2 cm³/mol. The molecule has 0 aromatic rings. The van der Waals surface area contributed by atoms with Gasteiger partial charge in [-0.2, -0.15) is 5.26 Å². The molecular formula is C8H16N2. The van der Waals surface area contributed by atoms with Crippen molar-refractivity contribution < 1.29 is 0 Å². The Morgan fingerprint density at radius 1 is 1.40 bits per heavy atom. The first kappa shape index (κ1) is 9.45. The summed E-state index contributed by atoms with van der Waals surface area (Å²) in [4.78, 5) is 0. The summed E-state index contributed by atoms with van der Waals surface area (Å²) in [5.41, 5.74) is 5.68. The highest BCUT2D eigenvalue weighted by atomic mass is 14.7. The molecule has 0 heterocycles. The Morgan fingerprint density at radius 3 is 1.90 bits per heavy atom. The first-order valence-electron chi connectivity index (χ1n) is 3.54. The van der Waals surface area contributed by atoms with E-state index < -0.39 is 0 Å². The summed E-state index contributed by atoms with van der Waals surface area (Å²) in [6, 6.07) is 1.72. The summed E-state index contributed by atoms with van der Waals surface area (Å²) >= 11 is 0. The molecule has 2 heteroatoms. The molecular weight excluding hydrogens is 124 g/mol. The Kier molecular flexibility index (Phi) is 2.86. The van der Waals surface area contributed by atoms with Crippen LogP contribution in [-0.4, -0.2) is 6.04 Å². The summed E-state index contributed by atoms with van der Waals surface area (Å²) in [7, 11) is 0. The average molecular weight is 140 g/mol. The van der Waals surface area contributed by atoms with Crippen molar-refractivity contribution >= 4 is 0 Å².